The van der Waals surface area contributed by atoms with Gasteiger partial charge in [0.25, 0.3) is 5.91 Å². The van der Waals surface area contributed by atoms with Gasteiger partial charge < -0.3 is 19.9 Å². The molecular formula is C29H32F2IN3O3. The summed E-state index contributed by atoms with van der Waals surface area (Å²) in [6.07, 6.45) is 4.40. The third-order valence-electron chi connectivity index (χ3n) is 9.28. The lowest BCUT2D eigenvalue weighted by Gasteiger charge is -2.36. The number of carbonyl (C=O) groups excluding carboxylic acids is 2. The van der Waals surface area contributed by atoms with E-state index in [1.807, 2.05) is 12.1 Å². The average molecular weight is 635 g/mol. The normalized spacial score (nSPS) is 22.5. The molecule has 4 aliphatic rings. The molecular weight excluding hydrogens is 603 g/mol. The molecule has 6 nitrogen and oxygen atoms in total. The number of carbonyl (C=O) groups is 2. The van der Waals surface area contributed by atoms with E-state index in [4.69, 9.17) is 4.74 Å². The largest absolute Gasteiger partial charge is 0.494 e. The van der Waals surface area contributed by atoms with Gasteiger partial charge in [0.1, 0.15) is 5.75 Å². The van der Waals surface area contributed by atoms with E-state index >= 15 is 0 Å². The summed E-state index contributed by atoms with van der Waals surface area (Å²) in [5.74, 6) is -2.76. The summed E-state index contributed by atoms with van der Waals surface area (Å²) in [6, 6.07) is 9.35. The second-order valence-corrected chi connectivity index (χ2v) is 12.7. The summed E-state index contributed by atoms with van der Waals surface area (Å²) in [4.78, 5) is 30.9. The molecule has 38 heavy (non-hydrogen) atoms. The van der Waals surface area contributed by atoms with Gasteiger partial charge in [0.05, 0.1) is 29.5 Å². The van der Waals surface area contributed by atoms with Crippen LogP contribution in [0.3, 0.4) is 0 Å². The smallest absolute Gasteiger partial charge is 0.257 e. The number of hydrogen-bond donors (Lipinski definition) is 1. The standard InChI is InChI=1S/C29H32F2IN3O3/c1-34-24-21(28(26(34)37)7-9-29(30,31)10-8-28)16-19(17-23(24)38-2)33-25(36)20-4-3-18(32)15-22(20)35-13-11-27(5-6-27)12-14-35/h3-4,15-17H,5-14H2,1-2H3,(H,33,36). The van der Waals surface area contributed by atoms with Crippen LogP contribution < -0.4 is 19.9 Å². The Hall–Kier alpha value is -2.43. The Labute approximate surface area is 235 Å². The first-order chi connectivity index (χ1) is 18.1. The van der Waals surface area contributed by atoms with Crippen LogP contribution in [0.5, 0.6) is 5.75 Å². The van der Waals surface area contributed by atoms with Crippen LogP contribution in [-0.2, 0) is 10.2 Å². The summed E-state index contributed by atoms with van der Waals surface area (Å²) in [5.41, 5.74) is 2.77. The first-order valence-corrected chi connectivity index (χ1v) is 14.4. The highest BCUT2D eigenvalue weighted by atomic mass is 127. The van der Waals surface area contributed by atoms with Crippen LogP contribution in [0.25, 0.3) is 0 Å². The van der Waals surface area contributed by atoms with Gasteiger partial charge in [-0.3, -0.25) is 9.59 Å². The van der Waals surface area contributed by atoms with Crippen molar-refractivity contribution >= 4 is 51.5 Å². The average Bonchev–Trinajstić information content (AvgIpc) is 3.62. The number of fused-ring (bicyclic) bond motifs is 2. The van der Waals surface area contributed by atoms with E-state index in [0.717, 1.165) is 35.2 Å². The Morgan fingerprint density at radius 2 is 1.68 bits per heavy atom. The highest BCUT2D eigenvalue weighted by molar-refractivity contribution is 14.1. The van der Waals surface area contributed by atoms with E-state index in [1.54, 1.807) is 19.2 Å². The van der Waals surface area contributed by atoms with Crippen LogP contribution in [0, 0.1) is 8.99 Å². The van der Waals surface area contributed by atoms with E-state index in [9.17, 15) is 18.4 Å². The van der Waals surface area contributed by atoms with Crippen LogP contribution in [0.1, 0.15) is 67.3 Å². The highest BCUT2D eigenvalue weighted by Crippen LogP contribution is 2.56. The summed E-state index contributed by atoms with van der Waals surface area (Å²) in [6.45, 7) is 1.88. The Kier molecular flexibility index (Phi) is 6.16. The van der Waals surface area contributed by atoms with Crippen molar-refractivity contribution in [3.05, 3.63) is 45.0 Å². The number of methoxy groups -OCH3 is 1. The molecule has 0 aromatic heterocycles. The molecule has 9 heteroatoms. The minimum atomic E-state index is -2.77. The molecule has 2 amide bonds. The first kappa shape index (κ1) is 25.8. The maximum atomic E-state index is 14.1. The molecule has 3 fully saturated rings. The maximum Gasteiger partial charge on any atom is 0.257 e. The predicted octanol–water partition coefficient (Wildman–Crippen LogP) is 6.36. The summed E-state index contributed by atoms with van der Waals surface area (Å²) in [7, 11) is 3.17. The fraction of sp³-hybridized carbons (Fsp3) is 0.517. The van der Waals surface area contributed by atoms with Gasteiger partial charge in [0.15, 0.2) is 0 Å². The van der Waals surface area contributed by atoms with Crippen LogP contribution in [0.4, 0.5) is 25.8 Å². The van der Waals surface area contributed by atoms with E-state index in [2.05, 4.69) is 38.9 Å². The van der Waals surface area contributed by atoms with Gasteiger partial charge in [0, 0.05) is 48.3 Å². The van der Waals surface area contributed by atoms with E-state index in [0.29, 0.717) is 33.7 Å². The molecule has 6 rings (SSSR count). The van der Waals surface area contributed by atoms with Crippen molar-refractivity contribution in [3.8, 4) is 5.75 Å². The van der Waals surface area contributed by atoms with E-state index < -0.39 is 11.3 Å². The summed E-state index contributed by atoms with van der Waals surface area (Å²) in [5, 5.41) is 3.03. The maximum absolute atomic E-state index is 14.1. The molecule has 0 bridgehead atoms. The molecule has 0 atom stereocenters. The quantitative estimate of drug-likeness (QED) is 0.398. The van der Waals surface area contributed by atoms with Crippen molar-refractivity contribution in [3.63, 3.8) is 0 Å². The molecule has 1 saturated heterocycles. The number of amides is 2. The van der Waals surface area contributed by atoms with Gasteiger partial charge in [0.2, 0.25) is 11.8 Å². The van der Waals surface area contributed by atoms with Crippen molar-refractivity contribution in [1.29, 1.82) is 0 Å². The minimum Gasteiger partial charge on any atom is -0.494 e. The molecule has 2 aliphatic heterocycles. The fourth-order valence-corrected chi connectivity index (χ4v) is 7.14. The molecule has 0 unspecified atom stereocenters. The van der Waals surface area contributed by atoms with Gasteiger partial charge in [-0.2, -0.15) is 0 Å². The molecule has 2 spiro atoms. The van der Waals surface area contributed by atoms with Crippen molar-refractivity contribution < 1.29 is 23.1 Å². The van der Waals surface area contributed by atoms with Gasteiger partial charge in [-0.15, -0.1) is 0 Å². The Bertz CT molecular complexity index is 1310. The Morgan fingerprint density at radius 3 is 2.32 bits per heavy atom. The number of alkyl halides is 2. The number of ether oxygens (including phenoxy) is 1. The third-order valence-corrected chi connectivity index (χ3v) is 9.95. The minimum absolute atomic E-state index is 0.0639. The topological polar surface area (TPSA) is 61.9 Å². The SMILES string of the molecule is COc1cc(NC(=O)c2ccc(I)cc2N2CCC3(CC2)CC3)cc2c1N(C)C(=O)C21CCC(F)(F)CC1. The molecule has 202 valence electrons. The number of rotatable bonds is 4. The molecule has 1 N–H and O–H groups in total. The fourth-order valence-electron chi connectivity index (χ4n) is 6.67. The summed E-state index contributed by atoms with van der Waals surface area (Å²) < 4.78 is 34.9. The number of nitrogens with one attached hydrogen (secondary N) is 1. The lowest BCUT2D eigenvalue weighted by Crippen LogP contribution is -2.44. The number of nitrogens with zero attached hydrogens (tertiary/aromatic N) is 2. The van der Waals surface area contributed by atoms with Crippen LogP contribution in [0.15, 0.2) is 30.3 Å². The van der Waals surface area contributed by atoms with Gasteiger partial charge >= 0.3 is 0 Å². The second kappa shape index (κ2) is 9.06. The predicted molar refractivity (Wildman–Crippen MR) is 152 cm³/mol. The molecule has 2 aliphatic carbocycles. The molecule has 2 aromatic rings. The van der Waals surface area contributed by atoms with Gasteiger partial charge in [-0.25, -0.2) is 8.78 Å². The van der Waals surface area contributed by atoms with Crippen molar-refractivity contribution in [1.82, 2.24) is 0 Å². The van der Waals surface area contributed by atoms with Crippen LogP contribution in [-0.4, -0.2) is 45.0 Å². The van der Waals surface area contributed by atoms with E-state index in [1.165, 1.54) is 24.9 Å². The van der Waals surface area contributed by atoms with Crippen molar-refractivity contribution in [2.75, 3.05) is 42.4 Å². The highest BCUT2D eigenvalue weighted by Gasteiger charge is 2.55. The summed E-state index contributed by atoms with van der Waals surface area (Å²) >= 11 is 2.28. The zero-order chi connectivity index (χ0) is 26.9. The van der Waals surface area contributed by atoms with Crippen molar-refractivity contribution in [2.45, 2.75) is 62.7 Å². The number of anilines is 3. The van der Waals surface area contributed by atoms with Gasteiger partial charge in [-0.05, 0) is 96.4 Å². The Balaban J connectivity index is 1.32. The second-order valence-electron chi connectivity index (χ2n) is 11.5. The lowest BCUT2D eigenvalue weighted by molar-refractivity contribution is -0.127. The molecule has 2 aromatic carbocycles. The monoisotopic (exact) mass is 635 g/mol. The Morgan fingerprint density at radius 1 is 1.00 bits per heavy atom. The lowest BCUT2D eigenvalue weighted by atomic mass is 9.69. The number of piperidine rings is 1. The van der Waals surface area contributed by atoms with Gasteiger partial charge in [-0.1, -0.05) is 0 Å². The molecule has 2 heterocycles. The number of likely N-dealkylation sites (N-methyl/N-ethyl adjacent to an activating group) is 1. The number of hydrogen-bond acceptors (Lipinski definition) is 4. The molecule has 0 radical (unpaired) electrons. The molecule has 2 saturated carbocycles. The van der Waals surface area contributed by atoms with Crippen LogP contribution in [0.2, 0.25) is 0 Å². The number of benzene rings is 2. The first-order valence-electron chi connectivity index (χ1n) is 13.3. The van der Waals surface area contributed by atoms with Crippen LogP contribution >= 0.6 is 22.6 Å². The van der Waals surface area contributed by atoms with Crippen molar-refractivity contribution in [2.24, 2.45) is 5.41 Å². The third kappa shape index (κ3) is 4.25. The zero-order valence-corrected chi connectivity index (χ0v) is 23.9. The zero-order valence-electron chi connectivity index (χ0n) is 21.7. The van der Waals surface area contributed by atoms with E-state index in [-0.39, 0.29) is 37.5 Å². The number of halogens is 3.